The van der Waals surface area contributed by atoms with E-state index in [0.29, 0.717) is 29.7 Å². The van der Waals surface area contributed by atoms with E-state index >= 15 is 0 Å². The smallest absolute Gasteiger partial charge is 0.228 e. The molecule has 1 saturated carbocycles. The number of aromatic nitrogens is 5. The molecule has 0 spiro atoms. The SMILES string of the molecule is COc1nc(NC2CCC(OCCO)CC2)nc2[nH]cc(-c3ccc4ncc(F)n4c3)c12. The summed E-state index contributed by atoms with van der Waals surface area (Å²) in [7, 11) is 1.57. The van der Waals surface area contributed by atoms with Gasteiger partial charge in [-0.3, -0.25) is 4.40 Å². The van der Waals surface area contributed by atoms with E-state index in [1.165, 1.54) is 10.6 Å². The van der Waals surface area contributed by atoms with Crippen molar-refractivity contribution in [3.63, 3.8) is 0 Å². The van der Waals surface area contributed by atoms with E-state index in [-0.39, 0.29) is 18.8 Å². The zero-order chi connectivity index (χ0) is 22.1. The van der Waals surface area contributed by atoms with E-state index in [0.717, 1.165) is 42.2 Å². The highest BCUT2D eigenvalue weighted by Crippen LogP contribution is 2.35. The molecule has 10 heteroatoms. The molecule has 0 aliphatic heterocycles. The van der Waals surface area contributed by atoms with Gasteiger partial charge in [-0.05, 0) is 37.8 Å². The lowest BCUT2D eigenvalue weighted by Crippen LogP contribution is -2.30. The Morgan fingerprint density at radius 2 is 2.09 bits per heavy atom. The standard InChI is InChI=1S/C22H25FN6O3/c1-31-21-19-16(13-2-7-18-24-11-17(23)29(18)12-13)10-25-20(19)27-22(28-21)26-14-3-5-15(6-4-14)32-9-8-30/h2,7,10-12,14-15,30H,3-6,8-9H2,1H3,(H2,25,26,27,28). The van der Waals surface area contributed by atoms with E-state index in [4.69, 9.17) is 14.6 Å². The number of aliphatic hydroxyl groups excluding tert-OH is 1. The van der Waals surface area contributed by atoms with Crippen molar-refractivity contribution in [3.05, 3.63) is 36.7 Å². The van der Waals surface area contributed by atoms with Crippen LogP contribution in [0.4, 0.5) is 10.3 Å². The number of nitrogens with zero attached hydrogens (tertiary/aromatic N) is 4. The lowest BCUT2D eigenvalue weighted by molar-refractivity contribution is 0.00719. The van der Waals surface area contributed by atoms with Crippen LogP contribution in [-0.4, -0.2) is 61.9 Å². The summed E-state index contributed by atoms with van der Waals surface area (Å²) in [4.78, 5) is 16.5. The van der Waals surface area contributed by atoms with Crippen molar-refractivity contribution in [2.24, 2.45) is 0 Å². The van der Waals surface area contributed by atoms with Gasteiger partial charge in [0.05, 0.1) is 38.0 Å². The zero-order valence-corrected chi connectivity index (χ0v) is 17.7. The van der Waals surface area contributed by atoms with Gasteiger partial charge in [-0.15, -0.1) is 0 Å². The number of hydrogen-bond acceptors (Lipinski definition) is 7. The zero-order valence-electron chi connectivity index (χ0n) is 17.7. The molecule has 32 heavy (non-hydrogen) atoms. The van der Waals surface area contributed by atoms with Crippen molar-refractivity contribution < 1.29 is 19.0 Å². The number of aliphatic hydroxyl groups is 1. The molecule has 1 aliphatic rings. The average molecular weight is 440 g/mol. The first kappa shape index (κ1) is 20.7. The number of methoxy groups -OCH3 is 1. The largest absolute Gasteiger partial charge is 0.480 e. The van der Waals surface area contributed by atoms with E-state index < -0.39 is 5.95 Å². The van der Waals surface area contributed by atoms with Crippen LogP contribution in [0.1, 0.15) is 25.7 Å². The van der Waals surface area contributed by atoms with Crippen LogP contribution in [0, 0.1) is 5.95 Å². The van der Waals surface area contributed by atoms with Crippen LogP contribution in [0.2, 0.25) is 0 Å². The molecule has 9 nitrogen and oxygen atoms in total. The molecule has 4 aromatic rings. The Balaban J connectivity index is 1.40. The minimum atomic E-state index is -0.423. The molecule has 0 radical (unpaired) electrons. The minimum Gasteiger partial charge on any atom is -0.480 e. The molecule has 0 aromatic carbocycles. The van der Waals surface area contributed by atoms with E-state index in [9.17, 15) is 4.39 Å². The number of aromatic amines is 1. The predicted octanol–water partition coefficient (Wildman–Crippen LogP) is 3.15. The average Bonchev–Trinajstić information content (AvgIpc) is 3.41. The third-order valence-electron chi connectivity index (χ3n) is 5.92. The third-order valence-corrected chi connectivity index (χ3v) is 5.92. The number of anilines is 1. The molecule has 0 amide bonds. The summed E-state index contributed by atoms with van der Waals surface area (Å²) in [5.74, 6) is 0.520. The van der Waals surface area contributed by atoms with Crippen LogP contribution >= 0.6 is 0 Å². The van der Waals surface area contributed by atoms with Gasteiger partial charge in [-0.25, -0.2) is 4.98 Å². The molecule has 1 aliphatic carbocycles. The topological polar surface area (TPSA) is 110 Å². The van der Waals surface area contributed by atoms with Gasteiger partial charge >= 0.3 is 0 Å². The molecule has 0 bridgehead atoms. The van der Waals surface area contributed by atoms with Gasteiger partial charge in [-0.1, -0.05) is 0 Å². The molecule has 4 heterocycles. The van der Waals surface area contributed by atoms with E-state index in [1.54, 1.807) is 19.4 Å². The highest BCUT2D eigenvalue weighted by atomic mass is 19.1. The third kappa shape index (κ3) is 3.87. The Kier molecular flexibility index (Phi) is 5.62. The summed E-state index contributed by atoms with van der Waals surface area (Å²) >= 11 is 0. The van der Waals surface area contributed by atoms with Crippen molar-refractivity contribution in [1.82, 2.24) is 24.3 Å². The van der Waals surface area contributed by atoms with Gasteiger partial charge in [0, 0.05) is 29.6 Å². The summed E-state index contributed by atoms with van der Waals surface area (Å²) in [6.45, 7) is 0.435. The van der Waals surface area contributed by atoms with Crippen LogP contribution in [-0.2, 0) is 4.74 Å². The van der Waals surface area contributed by atoms with Gasteiger partial charge in [0.1, 0.15) is 11.3 Å². The van der Waals surface area contributed by atoms with Gasteiger partial charge < -0.3 is 24.9 Å². The maximum absolute atomic E-state index is 14.0. The fourth-order valence-corrected chi connectivity index (χ4v) is 4.33. The minimum absolute atomic E-state index is 0.0507. The summed E-state index contributed by atoms with van der Waals surface area (Å²) in [6.07, 6.45) is 8.64. The molecule has 0 atom stereocenters. The first-order valence-corrected chi connectivity index (χ1v) is 10.7. The molecule has 1 fully saturated rings. The number of halogens is 1. The van der Waals surface area contributed by atoms with Gasteiger partial charge in [0.25, 0.3) is 0 Å². The molecule has 0 unspecified atom stereocenters. The number of pyridine rings is 1. The summed E-state index contributed by atoms with van der Waals surface area (Å²) in [5.41, 5.74) is 2.79. The number of fused-ring (bicyclic) bond motifs is 2. The van der Waals surface area contributed by atoms with Gasteiger partial charge in [-0.2, -0.15) is 14.4 Å². The highest BCUT2D eigenvalue weighted by Gasteiger charge is 2.23. The van der Waals surface area contributed by atoms with Crippen molar-refractivity contribution in [2.45, 2.75) is 37.8 Å². The van der Waals surface area contributed by atoms with Crippen LogP contribution < -0.4 is 10.1 Å². The lowest BCUT2D eigenvalue weighted by Gasteiger charge is -2.29. The second kappa shape index (κ2) is 8.71. The number of rotatable bonds is 7. The number of imidazole rings is 1. The molecule has 168 valence electrons. The fourth-order valence-electron chi connectivity index (χ4n) is 4.33. The van der Waals surface area contributed by atoms with Crippen LogP contribution in [0.3, 0.4) is 0 Å². The first-order valence-electron chi connectivity index (χ1n) is 10.7. The summed E-state index contributed by atoms with van der Waals surface area (Å²) in [6, 6.07) is 3.89. The van der Waals surface area contributed by atoms with Crippen LogP contribution in [0.15, 0.2) is 30.7 Å². The molecule has 5 rings (SSSR count). The second-order valence-electron chi connectivity index (χ2n) is 7.92. The molecular formula is C22H25FN6O3. The molecule has 4 aromatic heterocycles. The first-order chi connectivity index (χ1) is 15.7. The monoisotopic (exact) mass is 440 g/mol. The van der Waals surface area contributed by atoms with Crippen LogP contribution in [0.5, 0.6) is 5.88 Å². The van der Waals surface area contributed by atoms with E-state index in [2.05, 4.69) is 25.3 Å². The van der Waals surface area contributed by atoms with Gasteiger partial charge in [0.2, 0.25) is 17.8 Å². The molecule has 3 N–H and O–H groups in total. The number of H-pyrrole nitrogens is 1. The number of hydrogen-bond donors (Lipinski definition) is 3. The Morgan fingerprint density at radius 3 is 2.88 bits per heavy atom. The maximum atomic E-state index is 14.0. The van der Waals surface area contributed by atoms with Crippen LogP contribution in [0.25, 0.3) is 27.8 Å². The fraction of sp³-hybridized carbons (Fsp3) is 0.409. The molecule has 0 saturated heterocycles. The number of ether oxygens (including phenoxy) is 2. The quantitative estimate of drug-likeness (QED) is 0.405. The second-order valence-corrected chi connectivity index (χ2v) is 7.92. The number of nitrogens with one attached hydrogen (secondary N) is 2. The van der Waals surface area contributed by atoms with Crippen molar-refractivity contribution in [2.75, 3.05) is 25.6 Å². The van der Waals surface area contributed by atoms with Crippen molar-refractivity contribution >= 4 is 22.6 Å². The van der Waals surface area contributed by atoms with Crippen molar-refractivity contribution in [3.8, 4) is 17.0 Å². The lowest BCUT2D eigenvalue weighted by atomic mass is 9.93. The van der Waals surface area contributed by atoms with Gasteiger partial charge in [0.15, 0.2) is 0 Å². The highest BCUT2D eigenvalue weighted by molar-refractivity contribution is 5.97. The molecular weight excluding hydrogens is 415 g/mol. The van der Waals surface area contributed by atoms with Crippen molar-refractivity contribution in [1.29, 1.82) is 0 Å². The predicted molar refractivity (Wildman–Crippen MR) is 117 cm³/mol. The maximum Gasteiger partial charge on any atom is 0.228 e. The summed E-state index contributed by atoms with van der Waals surface area (Å²) < 4.78 is 26.6. The Morgan fingerprint density at radius 1 is 1.25 bits per heavy atom. The Hall–Kier alpha value is -3.24. The Bertz CT molecular complexity index is 1230. The summed E-state index contributed by atoms with van der Waals surface area (Å²) in [5, 5.41) is 13.1. The normalized spacial score (nSPS) is 19.0. The Labute approximate surface area is 183 Å². The van der Waals surface area contributed by atoms with E-state index in [1.807, 2.05) is 12.3 Å².